The second-order valence-electron chi connectivity index (χ2n) is 5.01. The highest BCUT2D eigenvalue weighted by Gasteiger charge is 2.30. The van der Waals surface area contributed by atoms with Crippen molar-refractivity contribution in [1.29, 1.82) is 0 Å². The fourth-order valence-corrected chi connectivity index (χ4v) is 1.62. The fourth-order valence-electron chi connectivity index (χ4n) is 1.62. The molecule has 2 amide bonds. The normalized spacial score (nSPS) is 14.8. The molecule has 0 unspecified atom stereocenters. The second-order valence-corrected chi connectivity index (χ2v) is 5.01. The topological polar surface area (TPSA) is 71.5 Å². The monoisotopic (exact) mass is 251 g/mol. The van der Waals surface area contributed by atoms with Crippen LogP contribution in [0.3, 0.4) is 0 Å². The summed E-state index contributed by atoms with van der Waals surface area (Å²) in [5, 5.41) is 2.66. The molecular weight excluding hydrogens is 234 g/mol. The van der Waals surface area contributed by atoms with Gasteiger partial charge in [-0.2, -0.15) is 0 Å². The summed E-state index contributed by atoms with van der Waals surface area (Å²) in [5.74, 6) is -0.263. The van der Waals surface area contributed by atoms with E-state index in [-0.39, 0.29) is 13.9 Å². The van der Waals surface area contributed by atoms with Gasteiger partial charge < -0.3 is 10.1 Å². The lowest BCUT2D eigenvalue weighted by Gasteiger charge is -2.30. The van der Waals surface area contributed by atoms with Crippen molar-refractivity contribution in [3.05, 3.63) is 18.5 Å². The first kappa shape index (κ1) is 12.3. The van der Waals surface area contributed by atoms with Gasteiger partial charge in [0.05, 0.1) is 17.6 Å². The fraction of sp³-hybridized carbons (Fsp3) is 0.417. The van der Waals surface area contributed by atoms with E-state index in [1.165, 1.54) is 11.1 Å². The zero-order valence-corrected chi connectivity index (χ0v) is 10.6. The Bertz CT molecular complexity index is 499. The van der Waals surface area contributed by atoms with Crippen LogP contribution >= 0.6 is 0 Å². The molecular formula is C12H17N3O3. The minimum atomic E-state index is -0.599. The van der Waals surface area contributed by atoms with Gasteiger partial charge in [-0.3, -0.25) is 14.7 Å². The first-order valence-electron chi connectivity index (χ1n) is 5.61. The van der Waals surface area contributed by atoms with Crippen molar-refractivity contribution in [3.8, 4) is 0 Å². The Morgan fingerprint density at radius 2 is 2.28 bits per heavy atom. The number of carbonyl (C=O) groups excluding carboxylic acids is 2. The maximum atomic E-state index is 12.0. The lowest BCUT2D eigenvalue weighted by molar-refractivity contribution is -0.115. The summed E-state index contributed by atoms with van der Waals surface area (Å²) >= 11 is 0. The van der Waals surface area contributed by atoms with Crippen molar-refractivity contribution in [2.24, 2.45) is 0 Å². The number of rotatable bonds is 0. The molecule has 2 heterocycles. The highest BCUT2D eigenvalue weighted by molar-refractivity contribution is 6.08. The minimum Gasteiger partial charge on any atom is -0.443 e. The van der Waals surface area contributed by atoms with Crippen molar-refractivity contribution in [2.75, 3.05) is 16.8 Å². The predicted octanol–water partition coefficient (Wildman–Crippen LogP) is 2.02. The zero-order chi connectivity index (χ0) is 13.3. The average Bonchev–Trinajstić information content (AvgIpc) is 2.25. The average molecular weight is 251 g/mol. The SMILES string of the molecule is CC(C)(C)OC(=O)N1CC(=O)Nc2cnccc21.[HH]. The molecule has 0 bridgehead atoms. The molecule has 98 valence electrons. The molecule has 0 saturated carbocycles. The van der Waals surface area contributed by atoms with Crippen LogP contribution in [0.2, 0.25) is 0 Å². The van der Waals surface area contributed by atoms with Crippen LogP contribution in [0.4, 0.5) is 16.2 Å². The van der Waals surface area contributed by atoms with E-state index in [0.717, 1.165) is 0 Å². The summed E-state index contributed by atoms with van der Waals surface area (Å²) in [6, 6.07) is 1.67. The third-order valence-corrected chi connectivity index (χ3v) is 2.28. The first-order valence-corrected chi connectivity index (χ1v) is 5.61. The molecule has 6 heteroatoms. The van der Waals surface area contributed by atoms with Gasteiger partial charge in [0.2, 0.25) is 5.91 Å². The number of nitrogens with one attached hydrogen (secondary N) is 1. The molecule has 0 aromatic carbocycles. The Hall–Kier alpha value is -2.11. The van der Waals surface area contributed by atoms with Gasteiger partial charge >= 0.3 is 6.09 Å². The molecule has 1 aromatic heterocycles. The van der Waals surface area contributed by atoms with E-state index in [9.17, 15) is 9.59 Å². The highest BCUT2D eigenvalue weighted by Crippen LogP contribution is 2.29. The van der Waals surface area contributed by atoms with Gasteiger partial charge in [0.1, 0.15) is 12.1 Å². The van der Waals surface area contributed by atoms with Gasteiger partial charge in [-0.15, -0.1) is 0 Å². The van der Waals surface area contributed by atoms with Gasteiger partial charge in [0.15, 0.2) is 0 Å². The number of aromatic nitrogens is 1. The lowest BCUT2D eigenvalue weighted by atomic mass is 10.2. The quantitative estimate of drug-likeness (QED) is 0.765. The predicted molar refractivity (Wildman–Crippen MR) is 68.6 cm³/mol. The number of ether oxygens (including phenoxy) is 1. The number of anilines is 2. The Morgan fingerprint density at radius 3 is 2.94 bits per heavy atom. The summed E-state index contributed by atoms with van der Waals surface area (Å²) < 4.78 is 5.27. The van der Waals surface area contributed by atoms with Crippen molar-refractivity contribution in [1.82, 2.24) is 4.98 Å². The van der Waals surface area contributed by atoms with Crippen LogP contribution in [0.1, 0.15) is 22.2 Å². The molecule has 18 heavy (non-hydrogen) atoms. The molecule has 0 radical (unpaired) electrons. The number of nitrogens with zero attached hydrogens (tertiary/aromatic N) is 2. The maximum Gasteiger partial charge on any atom is 0.415 e. The van der Waals surface area contributed by atoms with E-state index < -0.39 is 11.7 Å². The lowest BCUT2D eigenvalue weighted by Crippen LogP contribution is -2.44. The van der Waals surface area contributed by atoms with Crippen LogP contribution in [0.25, 0.3) is 0 Å². The molecule has 6 nitrogen and oxygen atoms in total. The third kappa shape index (κ3) is 2.58. The zero-order valence-electron chi connectivity index (χ0n) is 10.6. The largest absolute Gasteiger partial charge is 0.443 e. The van der Waals surface area contributed by atoms with Crippen molar-refractivity contribution in [3.63, 3.8) is 0 Å². The van der Waals surface area contributed by atoms with Crippen molar-refractivity contribution in [2.45, 2.75) is 26.4 Å². The van der Waals surface area contributed by atoms with Crippen LogP contribution in [0.5, 0.6) is 0 Å². The van der Waals surface area contributed by atoms with E-state index in [4.69, 9.17) is 4.74 Å². The van der Waals surface area contributed by atoms with Gasteiger partial charge in [-0.05, 0) is 26.8 Å². The van der Waals surface area contributed by atoms with Crippen LogP contribution in [-0.2, 0) is 9.53 Å². The minimum absolute atomic E-state index is 0. The maximum absolute atomic E-state index is 12.0. The summed E-state index contributed by atoms with van der Waals surface area (Å²) in [7, 11) is 0. The Labute approximate surface area is 106 Å². The Balaban J connectivity index is 0.00000180. The number of carbonyl (C=O) groups is 2. The smallest absolute Gasteiger partial charge is 0.415 e. The molecule has 0 saturated heterocycles. The number of hydrogen-bond donors (Lipinski definition) is 1. The summed E-state index contributed by atoms with van der Waals surface area (Å²) in [4.78, 5) is 28.8. The van der Waals surface area contributed by atoms with Crippen LogP contribution in [0.15, 0.2) is 18.5 Å². The summed E-state index contributed by atoms with van der Waals surface area (Å²) in [6.07, 6.45) is 2.53. The van der Waals surface area contributed by atoms with Gasteiger partial charge in [0.25, 0.3) is 0 Å². The van der Waals surface area contributed by atoms with Crippen LogP contribution in [0, 0.1) is 0 Å². The van der Waals surface area contributed by atoms with Crippen molar-refractivity contribution < 1.29 is 15.8 Å². The number of pyridine rings is 1. The summed E-state index contributed by atoms with van der Waals surface area (Å²) in [6.45, 7) is 5.29. The molecule has 0 atom stereocenters. The van der Waals surface area contributed by atoms with E-state index in [1.54, 1.807) is 33.0 Å². The second kappa shape index (κ2) is 4.29. The molecule has 0 spiro atoms. The van der Waals surface area contributed by atoms with Gasteiger partial charge in [-0.25, -0.2) is 4.79 Å². The van der Waals surface area contributed by atoms with Crippen LogP contribution in [-0.4, -0.2) is 29.1 Å². The number of amides is 2. The van der Waals surface area contributed by atoms with Crippen LogP contribution < -0.4 is 10.2 Å². The van der Waals surface area contributed by atoms with Crippen molar-refractivity contribution >= 4 is 23.4 Å². The van der Waals surface area contributed by atoms with Gasteiger partial charge in [-0.1, -0.05) is 0 Å². The van der Waals surface area contributed by atoms with E-state index >= 15 is 0 Å². The third-order valence-electron chi connectivity index (χ3n) is 2.28. The molecule has 2 rings (SSSR count). The van der Waals surface area contributed by atoms with Gasteiger partial charge in [0, 0.05) is 7.62 Å². The van der Waals surface area contributed by atoms with E-state index in [0.29, 0.717) is 11.4 Å². The number of fused-ring (bicyclic) bond motifs is 1. The highest BCUT2D eigenvalue weighted by atomic mass is 16.6. The standard InChI is InChI=1S/C12H15N3O3.H2/c1-12(2,3)18-11(17)15-7-10(16)14-8-6-13-5-4-9(8)15;/h4-6H,7H2,1-3H3,(H,14,16);1H. The molecule has 0 fully saturated rings. The molecule has 0 aliphatic carbocycles. The number of hydrogen-bond acceptors (Lipinski definition) is 4. The van der Waals surface area contributed by atoms with E-state index in [1.807, 2.05) is 0 Å². The molecule has 1 aliphatic rings. The molecule has 1 aromatic rings. The summed E-state index contributed by atoms with van der Waals surface area (Å²) in [5.41, 5.74) is 0.511. The molecule has 1 N–H and O–H groups in total. The molecule has 1 aliphatic heterocycles. The Kier molecular flexibility index (Phi) is 2.94. The Morgan fingerprint density at radius 1 is 1.56 bits per heavy atom. The van der Waals surface area contributed by atoms with E-state index in [2.05, 4.69) is 10.3 Å². The first-order chi connectivity index (χ1) is 8.37.